The molecule has 0 N–H and O–H groups in total. The van der Waals surface area contributed by atoms with Crippen molar-refractivity contribution in [3.05, 3.63) is 71.3 Å². The summed E-state index contributed by atoms with van der Waals surface area (Å²) in [6.45, 7) is 4.63. The van der Waals surface area contributed by atoms with E-state index in [9.17, 15) is 10.1 Å². The van der Waals surface area contributed by atoms with Crippen LogP contribution in [0.4, 0.5) is 0 Å². The van der Waals surface area contributed by atoms with Gasteiger partial charge in [0, 0.05) is 0 Å². The molecule has 0 aliphatic carbocycles. The maximum absolute atomic E-state index is 12.8. The molecule has 2 aromatic rings. The zero-order valence-corrected chi connectivity index (χ0v) is 21.1. The van der Waals surface area contributed by atoms with E-state index in [4.69, 9.17) is 4.74 Å². The topological polar surface area (TPSA) is 50.1 Å². The van der Waals surface area contributed by atoms with Gasteiger partial charge in [-0.1, -0.05) is 13.3 Å². The fourth-order valence-corrected chi connectivity index (χ4v) is 3.83. The molecule has 0 saturated carbocycles. The third kappa shape index (κ3) is 6.30. The van der Waals surface area contributed by atoms with Gasteiger partial charge in [0.15, 0.2) is 0 Å². The van der Waals surface area contributed by atoms with E-state index in [1.807, 2.05) is 42.5 Å². The molecule has 2 aromatic carbocycles. The van der Waals surface area contributed by atoms with Gasteiger partial charge in [-0.2, -0.15) is 0 Å². The average molecular weight is 565 g/mol. The Morgan fingerprint density at radius 3 is 2.29 bits per heavy atom. The number of hydrogen-bond donors (Lipinski definition) is 0. The normalized spacial score (nSPS) is 12.6. The van der Waals surface area contributed by atoms with Crippen molar-refractivity contribution in [3.8, 4) is 6.07 Å². The summed E-state index contributed by atoms with van der Waals surface area (Å²) in [5, 5.41) is 9.81. The molecule has 3 nitrogen and oxygen atoms in total. The van der Waals surface area contributed by atoms with Crippen LogP contribution in [-0.4, -0.2) is 38.3 Å². The van der Waals surface area contributed by atoms with E-state index in [1.54, 1.807) is 0 Å². The van der Waals surface area contributed by atoms with Crippen molar-refractivity contribution in [3.63, 3.8) is 0 Å². The molecule has 0 aliphatic rings. The first-order valence-electron chi connectivity index (χ1n) is 9.83. The van der Waals surface area contributed by atoms with Gasteiger partial charge in [-0.15, -0.1) is 0 Å². The van der Waals surface area contributed by atoms with E-state index in [2.05, 4.69) is 32.0 Å². The molecule has 4 heteroatoms. The predicted molar refractivity (Wildman–Crippen MR) is 114 cm³/mol. The van der Waals surface area contributed by atoms with Gasteiger partial charge in [0.1, 0.15) is 0 Å². The first kappa shape index (κ1) is 22.4. The summed E-state index contributed by atoms with van der Waals surface area (Å²) < 4.78 is 6.87. The summed E-state index contributed by atoms with van der Waals surface area (Å²) >= 11 is 0.748. The second kappa shape index (κ2) is 11.8. The van der Waals surface area contributed by atoms with Crippen molar-refractivity contribution in [2.75, 3.05) is 6.61 Å². The number of carbonyl (C=O) groups is 1. The summed E-state index contributed by atoms with van der Waals surface area (Å²) in [4.78, 5) is 12.8. The minimum atomic E-state index is -0.534. The molecular weight excluding hydrogens is 539 g/mol. The summed E-state index contributed by atoms with van der Waals surface area (Å²) in [6.07, 6.45) is 4.26. The van der Waals surface area contributed by atoms with Crippen molar-refractivity contribution in [1.82, 2.24) is 0 Å². The van der Waals surface area contributed by atoms with Crippen LogP contribution < -0.4 is 3.12 Å². The Labute approximate surface area is 184 Å². The molecule has 0 amide bonds. The second-order valence-corrected chi connectivity index (χ2v) is 9.46. The molecule has 0 saturated heterocycles. The van der Waals surface area contributed by atoms with Crippen molar-refractivity contribution in [2.24, 2.45) is 5.92 Å². The van der Waals surface area contributed by atoms with Gasteiger partial charge in [-0.05, 0) is 0 Å². The molecule has 142 valence electrons. The fraction of sp³-hybridized carbons (Fsp3) is 0.333. The zero-order valence-electron chi connectivity index (χ0n) is 16.7. The van der Waals surface area contributed by atoms with Crippen LogP contribution in [0.15, 0.2) is 60.2 Å². The average Bonchev–Trinajstić information content (AvgIpc) is 2.73. The molecule has 0 fully saturated rings. The standard InChI is InChI=1S/C24H26NO2.Tl/c1-3-5-12-19(4-2)18-27-24(26)22(17-25)23(20-13-8-6-9-14-20)21-15-10-7-11-16-21;/h6,8-11,13-16,19H,3-5,12,18H2,1-2H3;/b23-22-;. The molecule has 1 unspecified atom stereocenters. The first-order chi connectivity index (χ1) is 13.6. The number of nitrogens with zero attached hydrogens (tertiary/aromatic N) is 1. The molecule has 28 heavy (non-hydrogen) atoms. The molecule has 1 atom stereocenters. The SMILES string of the molecule is CCCCC(CC)COC(=O)/C(C#N)=C(/c1ccccc1)c1cc[c]([Tl])cc1. The number of rotatable bonds is 9. The van der Waals surface area contributed by atoms with Crippen LogP contribution in [0.3, 0.4) is 0 Å². The van der Waals surface area contributed by atoms with Gasteiger partial charge < -0.3 is 0 Å². The molecule has 0 radical (unpaired) electrons. The predicted octanol–water partition coefficient (Wildman–Crippen LogP) is 4.57. The molecule has 0 spiro atoms. The number of unbranched alkanes of at least 4 members (excludes halogenated alkanes) is 1. The summed E-state index contributed by atoms with van der Waals surface area (Å²) in [6, 6.07) is 19.8. The van der Waals surface area contributed by atoms with Gasteiger partial charge in [-0.3, -0.25) is 0 Å². The van der Waals surface area contributed by atoms with E-state index in [0.29, 0.717) is 18.1 Å². The van der Waals surface area contributed by atoms with Gasteiger partial charge in [0.05, 0.1) is 0 Å². The van der Waals surface area contributed by atoms with Crippen molar-refractivity contribution < 1.29 is 9.53 Å². The van der Waals surface area contributed by atoms with E-state index < -0.39 is 5.97 Å². The summed E-state index contributed by atoms with van der Waals surface area (Å²) in [5.41, 5.74) is 2.42. The number of hydrogen-bond acceptors (Lipinski definition) is 3. The number of ether oxygens (including phenoxy) is 1. The number of carbonyl (C=O) groups excluding carboxylic acids is 1. The van der Waals surface area contributed by atoms with Gasteiger partial charge in [0.2, 0.25) is 0 Å². The number of esters is 1. The molecule has 0 aromatic heterocycles. The van der Waals surface area contributed by atoms with Crippen LogP contribution in [0.1, 0.15) is 50.7 Å². The van der Waals surface area contributed by atoms with Crippen LogP contribution in [-0.2, 0) is 9.53 Å². The van der Waals surface area contributed by atoms with Crippen LogP contribution >= 0.6 is 0 Å². The van der Waals surface area contributed by atoms with Gasteiger partial charge in [0.25, 0.3) is 0 Å². The van der Waals surface area contributed by atoms with E-state index in [0.717, 1.165) is 62.6 Å². The van der Waals surface area contributed by atoms with E-state index >= 15 is 0 Å². The van der Waals surface area contributed by atoms with Gasteiger partial charge in [-0.25, -0.2) is 0 Å². The molecule has 0 bridgehead atoms. The third-order valence-electron chi connectivity index (χ3n) is 4.82. The second-order valence-electron chi connectivity index (χ2n) is 6.86. The Hall–Kier alpha value is -1.94. The van der Waals surface area contributed by atoms with Crippen LogP contribution in [0, 0.1) is 17.2 Å². The monoisotopic (exact) mass is 565 g/mol. The molecule has 2 rings (SSSR count). The third-order valence-corrected chi connectivity index (χ3v) is 6.32. The molecule has 0 heterocycles. The Bertz CT molecular complexity index is 835. The fourth-order valence-electron chi connectivity index (χ4n) is 3.08. The quantitative estimate of drug-likeness (QED) is 0.194. The Morgan fingerprint density at radius 2 is 1.71 bits per heavy atom. The number of nitriles is 1. The Morgan fingerprint density at radius 1 is 1.07 bits per heavy atom. The summed E-state index contributed by atoms with van der Waals surface area (Å²) in [5.74, 6) is -0.192. The van der Waals surface area contributed by atoms with Crippen molar-refractivity contribution in [1.29, 1.82) is 5.26 Å². The van der Waals surface area contributed by atoms with Crippen molar-refractivity contribution >= 4 is 40.4 Å². The van der Waals surface area contributed by atoms with Crippen LogP contribution in [0.25, 0.3) is 5.57 Å². The van der Waals surface area contributed by atoms with E-state index in [-0.39, 0.29) is 5.57 Å². The Balaban J connectivity index is 2.37. The van der Waals surface area contributed by atoms with E-state index in [1.165, 1.54) is 3.12 Å². The first-order valence-corrected chi connectivity index (χ1v) is 12.1. The van der Waals surface area contributed by atoms with Crippen LogP contribution in [0.2, 0.25) is 0 Å². The Kier molecular flexibility index (Phi) is 9.42. The van der Waals surface area contributed by atoms with Gasteiger partial charge >= 0.3 is 171 Å². The molecular formula is C24H26NO2Tl. The van der Waals surface area contributed by atoms with Crippen LogP contribution in [0.5, 0.6) is 0 Å². The summed E-state index contributed by atoms with van der Waals surface area (Å²) in [7, 11) is 0. The zero-order chi connectivity index (χ0) is 20.4. The molecule has 0 aliphatic heterocycles. The van der Waals surface area contributed by atoms with Crippen molar-refractivity contribution in [2.45, 2.75) is 39.5 Å². The maximum atomic E-state index is 12.8. The number of benzene rings is 2. The minimum absolute atomic E-state index is 0.0695.